The van der Waals surface area contributed by atoms with Crippen molar-refractivity contribution in [3.8, 4) is 0 Å². The third-order valence-corrected chi connectivity index (χ3v) is 1.34. The minimum atomic E-state index is 0.724. The van der Waals surface area contributed by atoms with Gasteiger partial charge in [-0.15, -0.1) is 6.58 Å². The molecular weight excluding hydrogens is 122 g/mol. The summed E-state index contributed by atoms with van der Waals surface area (Å²) in [7, 11) is 0. The van der Waals surface area contributed by atoms with Crippen molar-refractivity contribution in [2.45, 2.75) is 6.42 Å². The van der Waals surface area contributed by atoms with Gasteiger partial charge < -0.3 is 5.73 Å². The fourth-order valence-corrected chi connectivity index (χ4v) is 0.818. The second-order valence-corrected chi connectivity index (χ2v) is 2.10. The zero-order valence-corrected chi connectivity index (χ0v) is 5.80. The number of hydrogen-bond acceptors (Lipinski definition) is 1. The van der Waals surface area contributed by atoms with Crippen LogP contribution in [-0.2, 0) is 6.42 Å². The molecule has 1 rings (SSSR count). The molecule has 0 atom stereocenters. The van der Waals surface area contributed by atoms with Gasteiger partial charge in [-0.05, 0) is 12.0 Å². The molecule has 0 amide bonds. The first-order chi connectivity index (χ1) is 4.84. The Hall–Kier alpha value is -1.24. The van der Waals surface area contributed by atoms with Crippen LogP contribution < -0.4 is 5.73 Å². The highest BCUT2D eigenvalue weighted by Gasteiger charge is 1.92. The minimum Gasteiger partial charge on any atom is -0.398 e. The van der Waals surface area contributed by atoms with E-state index in [2.05, 4.69) is 12.6 Å². The number of hydrogen-bond donors (Lipinski definition) is 1. The molecule has 0 heterocycles. The largest absolute Gasteiger partial charge is 0.398 e. The van der Waals surface area contributed by atoms with E-state index in [4.69, 9.17) is 5.73 Å². The highest BCUT2D eigenvalue weighted by molar-refractivity contribution is 5.45. The van der Waals surface area contributed by atoms with Crippen molar-refractivity contribution in [3.05, 3.63) is 42.5 Å². The van der Waals surface area contributed by atoms with Crippen LogP contribution in [0.15, 0.2) is 30.9 Å². The maximum absolute atomic E-state index is 5.60. The molecule has 0 bridgehead atoms. The molecule has 51 valence electrons. The van der Waals surface area contributed by atoms with Crippen LogP contribution in [0.1, 0.15) is 5.56 Å². The number of nitrogens with two attached hydrogens (primary N) is 1. The van der Waals surface area contributed by atoms with E-state index in [1.165, 1.54) is 0 Å². The lowest BCUT2D eigenvalue weighted by Crippen LogP contribution is -1.91. The van der Waals surface area contributed by atoms with Crippen LogP contribution in [0.25, 0.3) is 0 Å². The zero-order chi connectivity index (χ0) is 7.40. The number of para-hydroxylation sites is 1. The maximum Gasteiger partial charge on any atom is 0.0430 e. The average molecular weight is 132 g/mol. The monoisotopic (exact) mass is 132 g/mol. The summed E-state index contributed by atoms with van der Waals surface area (Å²) < 4.78 is 0. The van der Waals surface area contributed by atoms with Gasteiger partial charge in [0.05, 0.1) is 0 Å². The zero-order valence-electron chi connectivity index (χ0n) is 5.80. The Morgan fingerprint density at radius 1 is 1.70 bits per heavy atom. The molecule has 0 aromatic heterocycles. The van der Waals surface area contributed by atoms with Gasteiger partial charge in [0.1, 0.15) is 0 Å². The van der Waals surface area contributed by atoms with Gasteiger partial charge in [0.25, 0.3) is 0 Å². The van der Waals surface area contributed by atoms with Crippen molar-refractivity contribution in [3.63, 3.8) is 0 Å². The highest BCUT2D eigenvalue weighted by Crippen LogP contribution is 2.09. The van der Waals surface area contributed by atoms with Crippen molar-refractivity contribution >= 4 is 5.69 Å². The first-order valence-electron chi connectivity index (χ1n) is 3.20. The summed E-state index contributed by atoms with van der Waals surface area (Å²) in [6, 6.07) is 8.63. The lowest BCUT2D eigenvalue weighted by molar-refractivity contribution is 1.28. The summed E-state index contributed by atoms with van der Waals surface area (Å²) in [5.41, 5.74) is 7.42. The van der Waals surface area contributed by atoms with Crippen molar-refractivity contribution < 1.29 is 0 Å². The molecule has 0 aliphatic rings. The Morgan fingerprint density at radius 2 is 2.50 bits per heavy atom. The van der Waals surface area contributed by atoms with Gasteiger partial charge in [-0.2, -0.15) is 0 Å². The number of benzene rings is 1. The molecule has 0 aliphatic heterocycles. The van der Waals surface area contributed by atoms with Crippen LogP contribution in [0, 0.1) is 6.07 Å². The molecule has 1 aromatic carbocycles. The molecule has 1 nitrogen and oxygen atoms in total. The number of anilines is 1. The highest BCUT2D eigenvalue weighted by atomic mass is 14.5. The summed E-state index contributed by atoms with van der Waals surface area (Å²) in [5, 5.41) is 0. The van der Waals surface area contributed by atoms with Crippen molar-refractivity contribution in [1.29, 1.82) is 0 Å². The second-order valence-electron chi connectivity index (χ2n) is 2.10. The van der Waals surface area contributed by atoms with E-state index in [-0.39, 0.29) is 0 Å². The molecule has 0 unspecified atom stereocenters. The standard InChI is InChI=1S/C9H10N/c1-2-5-8-6-3-4-7-9(8)10/h2-4,6H,1,5,10H2. The van der Waals surface area contributed by atoms with Crippen LogP contribution in [0.2, 0.25) is 0 Å². The maximum atomic E-state index is 5.60. The number of allylic oxidation sites excluding steroid dienone is 1. The van der Waals surface area contributed by atoms with Gasteiger partial charge in [0, 0.05) is 11.8 Å². The van der Waals surface area contributed by atoms with Crippen LogP contribution in [-0.4, -0.2) is 0 Å². The first-order valence-corrected chi connectivity index (χ1v) is 3.20. The normalized spacial score (nSPS) is 9.20. The predicted octanol–water partition coefficient (Wildman–Crippen LogP) is 1.80. The molecule has 1 heteroatoms. The van der Waals surface area contributed by atoms with Gasteiger partial charge >= 0.3 is 0 Å². The summed E-state index contributed by atoms with van der Waals surface area (Å²) in [6.07, 6.45) is 2.66. The molecular formula is C9H10N. The lowest BCUT2D eigenvalue weighted by Gasteiger charge is -1.98. The fraction of sp³-hybridized carbons (Fsp3) is 0.111. The Morgan fingerprint density at radius 3 is 3.10 bits per heavy atom. The third-order valence-electron chi connectivity index (χ3n) is 1.34. The van der Waals surface area contributed by atoms with Crippen molar-refractivity contribution in [2.24, 2.45) is 0 Å². The van der Waals surface area contributed by atoms with Crippen LogP contribution in [0.4, 0.5) is 5.69 Å². The summed E-state index contributed by atoms with van der Waals surface area (Å²) >= 11 is 0. The van der Waals surface area contributed by atoms with Gasteiger partial charge in [0.2, 0.25) is 0 Å². The quantitative estimate of drug-likeness (QED) is 0.482. The van der Waals surface area contributed by atoms with Gasteiger partial charge in [0.15, 0.2) is 0 Å². The van der Waals surface area contributed by atoms with Crippen molar-refractivity contribution in [1.82, 2.24) is 0 Å². The van der Waals surface area contributed by atoms with E-state index < -0.39 is 0 Å². The van der Waals surface area contributed by atoms with E-state index >= 15 is 0 Å². The van der Waals surface area contributed by atoms with E-state index in [0.29, 0.717) is 0 Å². The molecule has 1 radical (unpaired) electrons. The number of nitrogen functional groups attached to an aromatic ring is 1. The molecule has 0 fully saturated rings. The molecule has 2 N–H and O–H groups in total. The molecule has 0 saturated heterocycles. The Kier molecular flexibility index (Phi) is 2.11. The molecule has 0 spiro atoms. The SMILES string of the molecule is C=CCc1ccc[c]c1N. The van der Waals surface area contributed by atoms with Gasteiger partial charge in [-0.1, -0.05) is 24.3 Å². The summed E-state index contributed by atoms with van der Waals surface area (Å²) in [5.74, 6) is 0. The van der Waals surface area contributed by atoms with E-state index in [1.807, 2.05) is 24.3 Å². The minimum absolute atomic E-state index is 0.724. The summed E-state index contributed by atoms with van der Waals surface area (Å²) in [4.78, 5) is 0. The summed E-state index contributed by atoms with van der Waals surface area (Å²) in [6.45, 7) is 3.63. The van der Waals surface area contributed by atoms with E-state index in [0.717, 1.165) is 17.7 Å². The smallest absolute Gasteiger partial charge is 0.0430 e. The van der Waals surface area contributed by atoms with Gasteiger partial charge in [-0.25, -0.2) is 0 Å². The Bertz CT molecular complexity index is 228. The lowest BCUT2D eigenvalue weighted by atomic mass is 10.1. The number of rotatable bonds is 2. The Balaban J connectivity index is 2.91. The van der Waals surface area contributed by atoms with Gasteiger partial charge in [-0.3, -0.25) is 0 Å². The molecule has 1 aromatic rings. The van der Waals surface area contributed by atoms with Crippen molar-refractivity contribution in [2.75, 3.05) is 5.73 Å². The Labute approximate surface area is 61.2 Å². The van der Waals surface area contributed by atoms with Crippen LogP contribution in [0.3, 0.4) is 0 Å². The second kappa shape index (κ2) is 3.06. The molecule has 0 aliphatic carbocycles. The first kappa shape index (κ1) is 6.87. The van der Waals surface area contributed by atoms with Crippen LogP contribution >= 0.6 is 0 Å². The predicted molar refractivity (Wildman–Crippen MR) is 43.6 cm³/mol. The van der Waals surface area contributed by atoms with E-state index in [1.54, 1.807) is 0 Å². The average Bonchev–Trinajstić information content (AvgIpc) is 1.94. The topological polar surface area (TPSA) is 26.0 Å². The fourth-order valence-electron chi connectivity index (χ4n) is 0.818. The molecule has 10 heavy (non-hydrogen) atoms. The van der Waals surface area contributed by atoms with E-state index in [9.17, 15) is 0 Å². The third kappa shape index (κ3) is 1.38. The molecule has 0 saturated carbocycles. The van der Waals surface area contributed by atoms with Crippen LogP contribution in [0.5, 0.6) is 0 Å².